The largest absolute Gasteiger partial charge is 0.353 e. The van der Waals surface area contributed by atoms with Crippen molar-refractivity contribution in [2.75, 3.05) is 36.4 Å². The number of piperazine rings is 1. The van der Waals surface area contributed by atoms with Crippen LogP contribution in [0.2, 0.25) is 0 Å². The first kappa shape index (κ1) is 17.0. The fourth-order valence-electron chi connectivity index (χ4n) is 2.95. The van der Waals surface area contributed by atoms with E-state index in [1.165, 1.54) is 18.5 Å². The second-order valence-electron chi connectivity index (χ2n) is 6.10. The second-order valence-corrected chi connectivity index (χ2v) is 6.10. The minimum absolute atomic E-state index is 0.236. The Hall–Kier alpha value is -3.49. The number of urea groups is 1. The molecule has 0 radical (unpaired) electrons. The number of benzene rings is 1. The minimum Gasteiger partial charge on any atom is -0.353 e. The molecular weight excluding hydrogens is 349 g/mol. The summed E-state index contributed by atoms with van der Waals surface area (Å²) in [4.78, 5) is 24.7. The zero-order valence-electron chi connectivity index (χ0n) is 14.5. The van der Waals surface area contributed by atoms with E-state index in [1.807, 2.05) is 18.3 Å². The molecule has 2 aromatic heterocycles. The lowest BCUT2D eigenvalue weighted by molar-refractivity contribution is 0.208. The van der Waals surface area contributed by atoms with E-state index < -0.39 is 0 Å². The van der Waals surface area contributed by atoms with E-state index in [9.17, 15) is 9.18 Å². The molecule has 1 aromatic carbocycles. The minimum atomic E-state index is -0.380. The standard InChI is InChI=1S/C18H18FN7O/c19-14-3-1-4-15(11-14)23-18(27)25-9-7-24(8-10-25)16-12-17(21-13-20-16)26-6-2-5-22-26/h1-6,11-13H,7-10H2,(H,23,27). The molecule has 1 N–H and O–H groups in total. The van der Waals surface area contributed by atoms with Gasteiger partial charge in [-0.3, -0.25) is 0 Å². The number of carbonyl (C=O) groups is 1. The van der Waals surface area contributed by atoms with Gasteiger partial charge in [-0.1, -0.05) is 6.07 Å². The summed E-state index contributed by atoms with van der Waals surface area (Å²) in [5.74, 6) is 1.10. The number of rotatable bonds is 3. The number of amides is 2. The van der Waals surface area contributed by atoms with E-state index in [4.69, 9.17) is 0 Å². The van der Waals surface area contributed by atoms with Crippen LogP contribution in [0.1, 0.15) is 0 Å². The Morgan fingerprint density at radius 2 is 1.85 bits per heavy atom. The monoisotopic (exact) mass is 367 g/mol. The molecule has 0 unspecified atom stereocenters. The lowest BCUT2D eigenvalue weighted by atomic mass is 10.3. The second kappa shape index (κ2) is 7.40. The van der Waals surface area contributed by atoms with Crippen molar-refractivity contribution < 1.29 is 9.18 Å². The summed E-state index contributed by atoms with van der Waals surface area (Å²) in [6, 6.07) is 9.33. The maximum absolute atomic E-state index is 13.2. The molecule has 9 heteroatoms. The normalized spacial score (nSPS) is 14.3. The van der Waals surface area contributed by atoms with Crippen molar-refractivity contribution in [3.63, 3.8) is 0 Å². The number of nitrogens with one attached hydrogen (secondary N) is 1. The Morgan fingerprint density at radius 3 is 2.59 bits per heavy atom. The molecular formula is C18H18FN7O. The Morgan fingerprint density at radius 1 is 1.04 bits per heavy atom. The van der Waals surface area contributed by atoms with Gasteiger partial charge in [-0.2, -0.15) is 5.10 Å². The van der Waals surface area contributed by atoms with E-state index in [-0.39, 0.29) is 11.8 Å². The number of anilines is 2. The highest BCUT2D eigenvalue weighted by Gasteiger charge is 2.22. The van der Waals surface area contributed by atoms with Crippen molar-refractivity contribution in [3.8, 4) is 5.82 Å². The van der Waals surface area contributed by atoms with Gasteiger partial charge in [0, 0.05) is 50.3 Å². The van der Waals surface area contributed by atoms with Crippen LogP contribution in [0.4, 0.5) is 20.7 Å². The van der Waals surface area contributed by atoms with Crippen LogP contribution in [0, 0.1) is 5.82 Å². The van der Waals surface area contributed by atoms with Crippen molar-refractivity contribution in [1.29, 1.82) is 0 Å². The third-order valence-corrected chi connectivity index (χ3v) is 4.34. The van der Waals surface area contributed by atoms with Gasteiger partial charge < -0.3 is 15.1 Å². The van der Waals surface area contributed by atoms with E-state index >= 15 is 0 Å². The number of carbonyl (C=O) groups excluding carboxylic acids is 1. The average Bonchev–Trinajstić information content (AvgIpc) is 3.23. The fraction of sp³-hybridized carbons (Fsp3) is 0.222. The van der Waals surface area contributed by atoms with Gasteiger partial charge in [0.25, 0.3) is 0 Å². The van der Waals surface area contributed by atoms with Gasteiger partial charge in [0.2, 0.25) is 0 Å². The highest BCUT2D eigenvalue weighted by molar-refractivity contribution is 5.89. The van der Waals surface area contributed by atoms with Gasteiger partial charge in [0.15, 0.2) is 5.82 Å². The zero-order chi connectivity index (χ0) is 18.6. The summed E-state index contributed by atoms with van der Waals surface area (Å²) in [6.45, 7) is 2.38. The number of hydrogen-bond acceptors (Lipinski definition) is 5. The molecule has 4 rings (SSSR count). The first-order valence-corrected chi connectivity index (χ1v) is 8.57. The molecule has 0 bridgehead atoms. The third kappa shape index (κ3) is 3.86. The Bertz CT molecular complexity index is 923. The molecule has 0 saturated carbocycles. The number of aromatic nitrogens is 4. The topological polar surface area (TPSA) is 79.2 Å². The molecule has 138 valence electrons. The first-order valence-electron chi connectivity index (χ1n) is 8.57. The van der Waals surface area contributed by atoms with Crippen molar-refractivity contribution in [1.82, 2.24) is 24.6 Å². The molecule has 3 aromatic rings. The molecule has 8 nitrogen and oxygen atoms in total. The van der Waals surface area contributed by atoms with Crippen LogP contribution in [-0.4, -0.2) is 56.9 Å². The van der Waals surface area contributed by atoms with Gasteiger partial charge >= 0.3 is 6.03 Å². The number of halogens is 1. The van der Waals surface area contributed by atoms with Crippen molar-refractivity contribution in [2.24, 2.45) is 0 Å². The van der Waals surface area contributed by atoms with Crippen LogP contribution in [0.25, 0.3) is 5.82 Å². The molecule has 27 heavy (non-hydrogen) atoms. The molecule has 1 aliphatic rings. The molecule has 0 aliphatic carbocycles. The Balaban J connectivity index is 1.37. The smallest absolute Gasteiger partial charge is 0.321 e. The summed E-state index contributed by atoms with van der Waals surface area (Å²) >= 11 is 0. The highest BCUT2D eigenvalue weighted by Crippen LogP contribution is 2.16. The fourth-order valence-corrected chi connectivity index (χ4v) is 2.95. The third-order valence-electron chi connectivity index (χ3n) is 4.34. The number of nitrogens with zero attached hydrogens (tertiary/aromatic N) is 6. The van der Waals surface area contributed by atoms with Crippen LogP contribution >= 0.6 is 0 Å². The first-order chi connectivity index (χ1) is 13.2. The summed E-state index contributed by atoms with van der Waals surface area (Å²) in [7, 11) is 0. The quantitative estimate of drug-likeness (QED) is 0.767. The van der Waals surface area contributed by atoms with E-state index in [0.717, 1.165) is 5.82 Å². The molecule has 2 amide bonds. The zero-order valence-corrected chi connectivity index (χ0v) is 14.5. The van der Waals surface area contributed by atoms with E-state index in [0.29, 0.717) is 37.7 Å². The lowest BCUT2D eigenvalue weighted by Crippen LogP contribution is -2.50. The SMILES string of the molecule is O=C(Nc1cccc(F)c1)N1CCN(c2cc(-n3cccn3)ncn2)CC1. The molecule has 1 saturated heterocycles. The summed E-state index contributed by atoms with van der Waals surface area (Å²) in [5, 5.41) is 6.90. The van der Waals surface area contributed by atoms with Gasteiger partial charge in [0.1, 0.15) is 18.0 Å². The Kier molecular flexibility index (Phi) is 4.65. The van der Waals surface area contributed by atoms with Crippen LogP contribution in [-0.2, 0) is 0 Å². The van der Waals surface area contributed by atoms with Gasteiger partial charge in [-0.25, -0.2) is 23.8 Å². The van der Waals surface area contributed by atoms with Crippen LogP contribution in [0.3, 0.4) is 0 Å². The van der Waals surface area contributed by atoms with Crippen molar-refractivity contribution in [2.45, 2.75) is 0 Å². The van der Waals surface area contributed by atoms with E-state index in [1.54, 1.807) is 27.9 Å². The van der Waals surface area contributed by atoms with Gasteiger partial charge in [0.05, 0.1) is 0 Å². The highest BCUT2D eigenvalue weighted by atomic mass is 19.1. The van der Waals surface area contributed by atoms with Gasteiger partial charge in [-0.05, 0) is 24.3 Å². The summed E-state index contributed by atoms with van der Waals surface area (Å²) in [5.41, 5.74) is 0.446. The maximum atomic E-state index is 13.2. The number of hydrogen-bond donors (Lipinski definition) is 1. The summed E-state index contributed by atoms with van der Waals surface area (Å²) < 4.78 is 14.9. The molecule has 1 fully saturated rings. The van der Waals surface area contributed by atoms with Crippen molar-refractivity contribution in [3.05, 3.63) is 60.9 Å². The maximum Gasteiger partial charge on any atom is 0.321 e. The molecule has 3 heterocycles. The average molecular weight is 367 g/mol. The summed E-state index contributed by atoms with van der Waals surface area (Å²) in [6.07, 6.45) is 5.02. The van der Waals surface area contributed by atoms with Gasteiger partial charge in [-0.15, -0.1) is 0 Å². The van der Waals surface area contributed by atoms with E-state index in [2.05, 4.69) is 25.3 Å². The van der Waals surface area contributed by atoms with Crippen LogP contribution < -0.4 is 10.2 Å². The molecule has 0 spiro atoms. The van der Waals surface area contributed by atoms with Crippen LogP contribution in [0.5, 0.6) is 0 Å². The van der Waals surface area contributed by atoms with Crippen LogP contribution in [0.15, 0.2) is 55.1 Å². The lowest BCUT2D eigenvalue weighted by Gasteiger charge is -2.35. The molecule has 0 atom stereocenters. The predicted molar refractivity (Wildman–Crippen MR) is 98.4 cm³/mol. The predicted octanol–water partition coefficient (Wildman–Crippen LogP) is 2.16. The molecule has 1 aliphatic heterocycles. The van der Waals surface area contributed by atoms with Crippen molar-refractivity contribution >= 4 is 17.5 Å². The Labute approximate surface area is 155 Å².